The van der Waals surface area contributed by atoms with Crippen molar-refractivity contribution in [1.29, 1.82) is 0 Å². The van der Waals surface area contributed by atoms with Crippen molar-refractivity contribution in [2.45, 2.75) is 13.5 Å². The van der Waals surface area contributed by atoms with Crippen molar-refractivity contribution in [2.24, 2.45) is 0 Å². The van der Waals surface area contributed by atoms with E-state index in [-0.39, 0.29) is 18.1 Å². The summed E-state index contributed by atoms with van der Waals surface area (Å²) in [6, 6.07) is 5.09. The largest absolute Gasteiger partial charge is 0.380 e. The van der Waals surface area contributed by atoms with Gasteiger partial charge in [-0.3, -0.25) is 19.8 Å². The van der Waals surface area contributed by atoms with Crippen molar-refractivity contribution in [2.75, 3.05) is 39.5 Å². The first-order valence-corrected chi connectivity index (χ1v) is 6.75. The number of nitrogens with one attached hydrogen (secondary N) is 1. The number of likely N-dealkylation sites (N-methyl/N-ethyl adjacent to an activating group) is 2. The monoisotopic (exact) mass is 294 g/mol. The Kier molecular flexibility index (Phi) is 6.10. The Labute approximate surface area is 124 Å². The minimum absolute atomic E-state index is 0.00345. The second-order valence-electron chi connectivity index (χ2n) is 5.10. The Morgan fingerprint density at radius 2 is 2.00 bits per heavy atom. The Balaban J connectivity index is 2.82. The van der Waals surface area contributed by atoms with Gasteiger partial charge in [-0.25, -0.2) is 0 Å². The minimum atomic E-state index is -0.396. The van der Waals surface area contributed by atoms with E-state index in [9.17, 15) is 14.9 Å². The lowest BCUT2D eigenvalue weighted by atomic mass is 10.1. The number of nitro groups is 1. The van der Waals surface area contributed by atoms with Gasteiger partial charge in [0, 0.05) is 33.3 Å². The highest BCUT2D eigenvalue weighted by Crippen LogP contribution is 2.25. The molecule has 1 aromatic rings. The average Bonchev–Trinajstić information content (AvgIpc) is 2.40. The van der Waals surface area contributed by atoms with Gasteiger partial charge in [0.25, 0.3) is 5.69 Å². The molecule has 0 atom stereocenters. The summed E-state index contributed by atoms with van der Waals surface area (Å²) in [4.78, 5) is 25.7. The molecule has 1 N–H and O–H groups in total. The van der Waals surface area contributed by atoms with Crippen molar-refractivity contribution in [3.63, 3.8) is 0 Å². The maximum Gasteiger partial charge on any atom is 0.292 e. The number of amides is 1. The summed E-state index contributed by atoms with van der Waals surface area (Å²) in [6.45, 7) is 3.26. The number of carbonyl (C=O) groups is 1. The lowest BCUT2D eigenvalue weighted by Gasteiger charge is -2.19. The van der Waals surface area contributed by atoms with Crippen molar-refractivity contribution in [1.82, 2.24) is 9.80 Å². The van der Waals surface area contributed by atoms with Crippen molar-refractivity contribution in [3.05, 3.63) is 33.9 Å². The second-order valence-corrected chi connectivity index (χ2v) is 5.10. The zero-order chi connectivity index (χ0) is 16.0. The lowest BCUT2D eigenvalue weighted by Crippen LogP contribution is -2.34. The molecule has 7 nitrogen and oxygen atoms in total. The first-order chi connectivity index (χ1) is 9.85. The van der Waals surface area contributed by atoms with Crippen LogP contribution in [0.25, 0.3) is 0 Å². The number of carbonyl (C=O) groups excluding carboxylic acids is 1. The fourth-order valence-corrected chi connectivity index (χ4v) is 1.91. The summed E-state index contributed by atoms with van der Waals surface area (Å²) in [5.41, 5.74) is 1.37. The van der Waals surface area contributed by atoms with Gasteiger partial charge in [-0.1, -0.05) is 6.07 Å². The predicted molar refractivity (Wildman–Crippen MR) is 82.3 cm³/mol. The zero-order valence-corrected chi connectivity index (χ0v) is 12.9. The molecule has 0 spiro atoms. The highest BCUT2D eigenvalue weighted by Gasteiger charge is 2.15. The standard InChI is InChI=1S/C14H22N4O3/c1-5-15-12-7-6-11(8-13(12)18(20)21)9-17(4)10-14(19)16(2)3/h6-8,15H,5,9-10H2,1-4H3. The van der Waals surface area contributed by atoms with E-state index in [2.05, 4.69) is 5.32 Å². The van der Waals surface area contributed by atoms with Crippen LogP contribution in [0.4, 0.5) is 11.4 Å². The van der Waals surface area contributed by atoms with E-state index in [4.69, 9.17) is 0 Å². The highest BCUT2D eigenvalue weighted by atomic mass is 16.6. The molecule has 0 saturated carbocycles. The molecule has 0 aliphatic carbocycles. The lowest BCUT2D eigenvalue weighted by molar-refractivity contribution is -0.384. The molecular weight excluding hydrogens is 272 g/mol. The van der Waals surface area contributed by atoms with Crippen LogP contribution in [0.3, 0.4) is 0 Å². The van der Waals surface area contributed by atoms with Gasteiger partial charge < -0.3 is 10.2 Å². The Morgan fingerprint density at radius 3 is 2.52 bits per heavy atom. The SMILES string of the molecule is CCNc1ccc(CN(C)CC(=O)N(C)C)cc1[N+](=O)[O-]. The molecule has 0 saturated heterocycles. The third kappa shape index (κ3) is 5.03. The van der Waals surface area contributed by atoms with Crippen LogP contribution in [0, 0.1) is 10.1 Å². The van der Waals surface area contributed by atoms with Crippen molar-refractivity contribution in [3.8, 4) is 0 Å². The molecule has 21 heavy (non-hydrogen) atoms. The Hall–Kier alpha value is -2.15. The van der Waals surface area contributed by atoms with Crippen molar-refractivity contribution < 1.29 is 9.72 Å². The molecule has 0 aliphatic rings. The van der Waals surface area contributed by atoms with Gasteiger partial charge in [0.05, 0.1) is 11.5 Å². The predicted octanol–water partition coefficient (Wildman–Crippen LogP) is 1.55. The summed E-state index contributed by atoms with van der Waals surface area (Å²) in [5.74, 6) is -0.00345. The molecule has 0 fully saturated rings. The first kappa shape index (κ1) is 16.9. The number of benzene rings is 1. The number of nitro benzene ring substituents is 1. The summed E-state index contributed by atoms with van der Waals surface area (Å²) in [6.07, 6.45) is 0. The maximum atomic E-state index is 11.6. The molecule has 0 bridgehead atoms. The number of rotatable bonds is 7. The van der Waals surface area contributed by atoms with Crippen LogP contribution in [0.2, 0.25) is 0 Å². The highest BCUT2D eigenvalue weighted by molar-refractivity contribution is 5.77. The maximum absolute atomic E-state index is 11.6. The van der Waals surface area contributed by atoms with Crippen LogP contribution < -0.4 is 5.32 Å². The molecule has 1 amide bonds. The Bertz CT molecular complexity index is 517. The van der Waals surface area contributed by atoms with Crippen LogP contribution in [0.1, 0.15) is 12.5 Å². The van der Waals surface area contributed by atoms with Crippen LogP contribution in [-0.2, 0) is 11.3 Å². The van der Waals surface area contributed by atoms with Gasteiger partial charge in [-0.15, -0.1) is 0 Å². The van der Waals surface area contributed by atoms with Gasteiger partial charge >= 0.3 is 0 Å². The molecular formula is C14H22N4O3. The molecule has 1 rings (SSSR count). The Morgan fingerprint density at radius 1 is 1.33 bits per heavy atom. The van der Waals surface area contributed by atoms with Gasteiger partial charge in [0.1, 0.15) is 5.69 Å². The zero-order valence-electron chi connectivity index (χ0n) is 12.9. The van der Waals surface area contributed by atoms with E-state index in [0.29, 0.717) is 18.8 Å². The molecule has 0 aromatic heterocycles. The van der Waals surface area contributed by atoms with Gasteiger partial charge in [0.2, 0.25) is 5.91 Å². The van der Waals surface area contributed by atoms with Gasteiger partial charge in [-0.2, -0.15) is 0 Å². The third-order valence-electron chi connectivity index (χ3n) is 2.98. The molecule has 0 aliphatic heterocycles. The van der Waals surface area contributed by atoms with Crippen molar-refractivity contribution >= 4 is 17.3 Å². The normalized spacial score (nSPS) is 10.5. The smallest absolute Gasteiger partial charge is 0.292 e. The minimum Gasteiger partial charge on any atom is -0.380 e. The third-order valence-corrected chi connectivity index (χ3v) is 2.98. The van der Waals surface area contributed by atoms with Gasteiger partial charge in [-0.05, 0) is 25.6 Å². The second kappa shape index (κ2) is 7.58. The van der Waals surface area contributed by atoms with Crippen LogP contribution in [0.15, 0.2) is 18.2 Å². The topological polar surface area (TPSA) is 78.7 Å². The molecule has 116 valence electrons. The number of nitrogens with zero attached hydrogens (tertiary/aromatic N) is 3. The van der Waals surface area contributed by atoms with Crippen LogP contribution in [-0.4, -0.2) is 54.9 Å². The average molecular weight is 294 g/mol. The number of anilines is 1. The van der Waals surface area contributed by atoms with E-state index in [1.165, 1.54) is 4.90 Å². The molecule has 0 unspecified atom stereocenters. The quantitative estimate of drug-likeness (QED) is 0.609. The fourth-order valence-electron chi connectivity index (χ4n) is 1.91. The van der Waals surface area contributed by atoms with Gasteiger partial charge in [0.15, 0.2) is 0 Å². The molecule has 0 heterocycles. The number of hydrogen-bond donors (Lipinski definition) is 1. The van der Waals surface area contributed by atoms with E-state index in [1.54, 1.807) is 26.2 Å². The van der Waals surface area contributed by atoms with E-state index < -0.39 is 4.92 Å². The molecule has 0 radical (unpaired) electrons. The first-order valence-electron chi connectivity index (χ1n) is 6.75. The summed E-state index contributed by atoms with van der Waals surface area (Å²) >= 11 is 0. The summed E-state index contributed by atoms with van der Waals surface area (Å²) in [5, 5.41) is 14.1. The van der Waals surface area contributed by atoms with Crippen LogP contribution >= 0.6 is 0 Å². The van der Waals surface area contributed by atoms with E-state index in [1.807, 2.05) is 24.9 Å². The summed E-state index contributed by atoms with van der Waals surface area (Å²) in [7, 11) is 5.21. The van der Waals surface area contributed by atoms with E-state index in [0.717, 1.165) is 5.56 Å². The molecule has 1 aromatic carbocycles. The van der Waals surface area contributed by atoms with E-state index >= 15 is 0 Å². The fraction of sp³-hybridized carbons (Fsp3) is 0.500. The molecule has 7 heteroatoms. The summed E-state index contributed by atoms with van der Waals surface area (Å²) < 4.78 is 0. The number of hydrogen-bond acceptors (Lipinski definition) is 5. The van der Waals surface area contributed by atoms with Crippen LogP contribution in [0.5, 0.6) is 0 Å².